The summed E-state index contributed by atoms with van der Waals surface area (Å²) in [4.78, 5) is 12.3. The Morgan fingerprint density at radius 2 is 1.79 bits per heavy atom. The molecule has 158 valence electrons. The van der Waals surface area contributed by atoms with E-state index in [0.29, 0.717) is 49.2 Å². The van der Waals surface area contributed by atoms with Gasteiger partial charge in [-0.25, -0.2) is 8.42 Å². The van der Waals surface area contributed by atoms with Gasteiger partial charge in [-0.3, -0.25) is 9.48 Å². The van der Waals surface area contributed by atoms with E-state index in [1.54, 1.807) is 13.1 Å². The number of ether oxygens (including phenoxy) is 1. The lowest BCUT2D eigenvalue weighted by Crippen LogP contribution is -2.41. The first-order valence-electron chi connectivity index (χ1n) is 10.4. The molecule has 1 aliphatic heterocycles. The highest BCUT2D eigenvalue weighted by Gasteiger charge is 2.38. The van der Waals surface area contributed by atoms with Crippen LogP contribution in [0.2, 0.25) is 0 Å². The zero-order chi connectivity index (χ0) is 20.5. The summed E-state index contributed by atoms with van der Waals surface area (Å²) in [5, 5.41) is 4.73. The molecule has 1 saturated carbocycles. The predicted molar refractivity (Wildman–Crippen MR) is 107 cm³/mol. The Labute approximate surface area is 168 Å². The van der Waals surface area contributed by atoms with Crippen molar-refractivity contribution in [1.29, 1.82) is 0 Å². The van der Waals surface area contributed by atoms with Crippen molar-refractivity contribution in [1.82, 2.24) is 14.1 Å². The van der Waals surface area contributed by atoms with Crippen LogP contribution in [0, 0.1) is 5.92 Å². The summed E-state index contributed by atoms with van der Waals surface area (Å²) >= 11 is 0. The molecular formula is C20H33N3O4S. The minimum Gasteiger partial charge on any atom is -0.466 e. The predicted octanol–water partition coefficient (Wildman–Crippen LogP) is 3.26. The van der Waals surface area contributed by atoms with Crippen LogP contribution >= 0.6 is 0 Å². The molecule has 1 aliphatic carbocycles. The van der Waals surface area contributed by atoms with Gasteiger partial charge in [0.25, 0.3) is 0 Å². The van der Waals surface area contributed by atoms with Gasteiger partial charge >= 0.3 is 5.97 Å². The van der Waals surface area contributed by atoms with E-state index in [0.717, 1.165) is 12.8 Å². The summed E-state index contributed by atoms with van der Waals surface area (Å²) in [6.45, 7) is 8.81. The molecule has 0 aromatic carbocycles. The van der Waals surface area contributed by atoms with E-state index in [2.05, 4.69) is 0 Å². The maximum Gasteiger partial charge on any atom is 0.309 e. The highest BCUT2D eigenvalue weighted by molar-refractivity contribution is 7.89. The van der Waals surface area contributed by atoms with Gasteiger partial charge in [0, 0.05) is 24.7 Å². The Morgan fingerprint density at radius 1 is 1.18 bits per heavy atom. The third-order valence-electron chi connectivity index (χ3n) is 5.80. The van der Waals surface area contributed by atoms with Gasteiger partial charge in [-0.2, -0.15) is 9.40 Å². The zero-order valence-electron chi connectivity index (χ0n) is 17.5. The standard InChI is InChI=1S/C20H33N3O4S/c1-5-27-19(24)15-10-12-22(13-11-15)28(25,26)17-14-23(16-8-6-7-9-16)21-18(17)20(2,3)4/h14-16H,5-13H2,1-4H3. The van der Waals surface area contributed by atoms with Gasteiger partial charge < -0.3 is 4.74 Å². The molecule has 1 saturated heterocycles. The number of carbonyl (C=O) groups is 1. The molecule has 0 N–H and O–H groups in total. The first-order valence-corrected chi connectivity index (χ1v) is 11.8. The van der Waals surface area contributed by atoms with Crippen molar-refractivity contribution >= 4 is 16.0 Å². The highest BCUT2D eigenvalue weighted by Crippen LogP contribution is 2.35. The first-order chi connectivity index (χ1) is 13.1. The smallest absolute Gasteiger partial charge is 0.309 e. The Morgan fingerprint density at radius 3 is 2.32 bits per heavy atom. The normalized spacial score (nSPS) is 20.6. The molecule has 2 heterocycles. The van der Waals surface area contributed by atoms with Crippen molar-refractivity contribution < 1.29 is 17.9 Å². The third kappa shape index (κ3) is 4.27. The van der Waals surface area contributed by atoms with Crippen LogP contribution in [0.3, 0.4) is 0 Å². The maximum absolute atomic E-state index is 13.4. The molecule has 2 fully saturated rings. The minimum absolute atomic E-state index is 0.213. The number of rotatable bonds is 5. The molecule has 28 heavy (non-hydrogen) atoms. The van der Waals surface area contributed by atoms with Crippen molar-refractivity contribution in [2.24, 2.45) is 5.92 Å². The number of carbonyl (C=O) groups excluding carboxylic acids is 1. The van der Waals surface area contributed by atoms with E-state index in [1.807, 2.05) is 25.5 Å². The third-order valence-corrected chi connectivity index (χ3v) is 7.70. The van der Waals surface area contributed by atoms with E-state index >= 15 is 0 Å². The van der Waals surface area contributed by atoms with Crippen molar-refractivity contribution in [2.45, 2.75) is 82.6 Å². The summed E-state index contributed by atoms with van der Waals surface area (Å²) in [5.74, 6) is -0.432. The minimum atomic E-state index is -3.65. The Kier molecular flexibility index (Phi) is 6.20. The Bertz CT molecular complexity index is 796. The fourth-order valence-corrected chi connectivity index (χ4v) is 5.97. The van der Waals surface area contributed by atoms with Crippen LogP contribution in [0.4, 0.5) is 0 Å². The molecule has 1 aromatic rings. The van der Waals surface area contributed by atoms with Gasteiger partial charge in [-0.1, -0.05) is 33.6 Å². The van der Waals surface area contributed by atoms with Gasteiger partial charge in [-0.15, -0.1) is 0 Å². The largest absolute Gasteiger partial charge is 0.466 e. The number of hydrogen-bond donors (Lipinski definition) is 0. The molecule has 0 radical (unpaired) electrons. The fraction of sp³-hybridized carbons (Fsp3) is 0.800. The van der Waals surface area contributed by atoms with Crippen LogP contribution < -0.4 is 0 Å². The van der Waals surface area contributed by atoms with Gasteiger partial charge in [0.05, 0.1) is 24.3 Å². The summed E-state index contributed by atoms with van der Waals surface area (Å²) in [7, 11) is -3.65. The van der Waals surface area contributed by atoms with Crippen molar-refractivity contribution in [3.05, 3.63) is 11.9 Å². The number of esters is 1. The van der Waals surface area contributed by atoms with Crippen LogP contribution in [0.25, 0.3) is 0 Å². The second kappa shape index (κ2) is 8.14. The van der Waals surface area contributed by atoms with Crippen LogP contribution in [-0.2, 0) is 25.0 Å². The van der Waals surface area contributed by atoms with Gasteiger partial charge in [-0.05, 0) is 32.6 Å². The monoisotopic (exact) mass is 411 g/mol. The van der Waals surface area contributed by atoms with Crippen LogP contribution in [0.5, 0.6) is 0 Å². The summed E-state index contributed by atoms with van der Waals surface area (Å²) < 4.78 is 35.4. The molecular weight excluding hydrogens is 378 g/mol. The first kappa shape index (κ1) is 21.3. The average molecular weight is 412 g/mol. The number of nitrogens with zero attached hydrogens (tertiary/aromatic N) is 3. The van der Waals surface area contributed by atoms with Crippen molar-refractivity contribution in [3.8, 4) is 0 Å². The molecule has 1 aromatic heterocycles. The van der Waals surface area contributed by atoms with Crippen LogP contribution in [-0.4, -0.2) is 48.2 Å². The van der Waals surface area contributed by atoms with E-state index in [9.17, 15) is 13.2 Å². The van der Waals surface area contributed by atoms with E-state index in [4.69, 9.17) is 9.84 Å². The molecule has 0 bridgehead atoms. The van der Waals surface area contributed by atoms with Crippen molar-refractivity contribution in [3.63, 3.8) is 0 Å². The average Bonchev–Trinajstić information content (AvgIpc) is 3.31. The highest BCUT2D eigenvalue weighted by atomic mass is 32.2. The number of piperidine rings is 1. The molecule has 0 atom stereocenters. The second-order valence-corrected chi connectivity index (χ2v) is 10.8. The van der Waals surface area contributed by atoms with E-state index in [1.165, 1.54) is 17.1 Å². The fourth-order valence-electron chi connectivity index (χ4n) is 4.17. The quantitative estimate of drug-likeness (QED) is 0.695. The lowest BCUT2D eigenvalue weighted by Gasteiger charge is -2.30. The number of sulfonamides is 1. The molecule has 0 spiro atoms. The molecule has 7 nitrogen and oxygen atoms in total. The van der Waals surface area contributed by atoms with Gasteiger partial charge in [0.15, 0.2) is 0 Å². The number of aromatic nitrogens is 2. The molecule has 8 heteroatoms. The summed E-state index contributed by atoms with van der Waals surface area (Å²) in [5.41, 5.74) is 0.266. The lowest BCUT2D eigenvalue weighted by atomic mass is 9.92. The number of hydrogen-bond acceptors (Lipinski definition) is 5. The Balaban J connectivity index is 1.84. The van der Waals surface area contributed by atoms with Crippen LogP contribution in [0.15, 0.2) is 11.1 Å². The maximum atomic E-state index is 13.4. The molecule has 0 unspecified atom stereocenters. The van der Waals surface area contributed by atoms with Crippen molar-refractivity contribution in [2.75, 3.05) is 19.7 Å². The van der Waals surface area contributed by atoms with Crippen LogP contribution in [0.1, 0.15) is 78.0 Å². The van der Waals surface area contributed by atoms with E-state index < -0.39 is 10.0 Å². The van der Waals surface area contributed by atoms with Gasteiger partial charge in [0.1, 0.15) is 4.90 Å². The zero-order valence-corrected chi connectivity index (χ0v) is 18.3. The molecule has 2 aliphatic rings. The topological polar surface area (TPSA) is 81.5 Å². The SMILES string of the molecule is CCOC(=O)C1CCN(S(=O)(=O)c2cn(C3CCCC3)nc2C(C)(C)C)CC1. The lowest BCUT2D eigenvalue weighted by molar-refractivity contribution is -0.149. The van der Waals surface area contributed by atoms with E-state index in [-0.39, 0.29) is 17.3 Å². The Hall–Kier alpha value is -1.41. The van der Waals surface area contributed by atoms with Gasteiger partial charge in [0.2, 0.25) is 10.0 Å². The molecule has 0 amide bonds. The second-order valence-electron chi connectivity index (χ2n) is 8.94. The molecule has 3 rings (SSSR count). The summed E-state index contributed by atoms with van der Waals surface area (Å²) in [6, 6.07) is 0.291. The summed E-state index contributed by atoms with van der Waals surface area (Å²) in [6.07, 6.45) is 7.17.